The van der Waals surface area contributed by atoms with Crippen molar-refractivity contribution in [3.8, 4) is 5.75 Å². The third kappa shape index (κ3) is 6.94. The number of benzene rings is 4. The van der Waals surface area contributed by atoms with Crippen molar-refractivity contribution >= 4 is 32.7 Å². The summed E-state index contributed by atoms with van der Waals surface area (Å²) in [5.74, 6) is 0.999. The molecule has 44 heavy (non-hydrogen) atoms. The van der Waals surface area contributed by atoms with Crippen molar-refractivity contribution in [1.82, 2.24) is 9.55 Å². The summed E-state index contributed by atoms with van der Waals surface area (Å²) in [6.07, 6.45) is 1.93. The lowest BCUT2D eigenvalue weighted by Gasteiger charge is -2.17. The number of nitrogens with zero attached hydrogens (tertiary/aromatic N) is 2. The first-order valence-corrected chi connectivity index (χ1v) is 16.1. The van der Waals surface area contributed by atoms with E-state index in [1.54, 1.807) is 25.1 Å². The summed E-state index contributed by atoms with van der Waals surface area (Å²) >= 11 is 0. The lowest BCUT2D eigenvalue weighted by atomic mass is 10.1. The van der Waals surface area contributed by atoms with Crippen LogP contribution in [0.5, 0.6) is 5.75 Å². The van der Waals surface area contributed by atoms with Gasteiger partial charge < -0.3 is 14.0 Å². The summed E-state index contributed by atoms with van der Waals surface area (Å²) in [5, 5.41) is 0. The van der Waals surface area contributed by atoms with Crippen LogP contribution in [0.4, 0.5) is 5.69 Å². The maximum atomic E-state index is 13.3. The highest BCUT2D eigenvalue weighted by Gasteiger charge is 2.23. The van der Waals surface area contributed by atoms with Gasteiger partial charge in [0.05, 0.1) is 28.7 Å². The SMILES string of the molecule is CCCCc1nc2ccc(NS(=O)(=O)c3ccc(C)cc3C)cc2n1Cc1ccc(OC(C(=O)OC)c2ccccc2)cc1. The highest BCUT2D eigenvalue weighted by molar-refractivity contribution is 7.92. The first-order valence-electron chi connectivity index (χ1n) is 14.7. The average Bonchev–Trinajstić information content (AvgIpc) is 3.35. The van der Waals surface area contributed by atoms with Crippen LogP contribution >= 0.6 is 0 Å². The number of rotatable bonds is 12. The Balaban J connectivity index is 1.42. The molecule has 1 N–H and O–H groups in total. The van der Waals surface area contributed by atoms with E-state index in [4.69, 9.17) is 14.5 Å². The van der Waals surface area contributed by atoms with Crippen LogP contribution in [-0.4, -0.2) is 31.0 Å². The number of methoxy groups -OCH3 is 1. The highest BCUT2D eigenvalue weighted by Crippen LogP contribution is 2.28. The summed E-state index contributed by atoms with van der Waals surface area (Å²) in [7, 11) is -2.43. The van der Waals surface area contributed by atoms with Crippen LogP contribution in [0.3, 0.4) is 0 Å². The zero-order valence-corrected chi connectivity index (χ0v) is 26.2. The molecule has 5 aromatic rings. The molecule has 0 bridgehead atoms. The highest BCUT2D eigenvalue weighted by atomic mass is 32.2. The number of unbranched alkanes of at least 4 members (excludes halogenated alkanes) is 1. The van der Waals surface area contributed by atoms with Crippen LogP contribution in [0.1, 0.15) is 53.9 Å². The van der Waals surface area contributed by atoms with Crippen molar-refractivity contribution < 1.29 is 22.7 Å². The molecule has 0 amide bonds. The molecule has 1 unspecified atom stereocenters. The molecule has 5 rings (SSSR count). The predicted molar refractivity (Wildman–Crippen MR) is 172 cm³/mol. The number of carbonyl (C=O) groups excluding carboxylic acids is 1. The fourth-order valence-corrected chi connectivity index (χ4v) is 6.51. The van der Waals surface area contributed by atoms with Crippen LogP contribution in [0.2, 0.25) is 0 Å². The fraction of sp³-hybridized carbons (Fsp3) is 0.257. The molecule has 1 atom stereocenters. The number of fused-ring (bicyclic) bond motifs is 1. The number of ether oxygens (including phenoxy) is 2. The molecule has 0 aliphatic rings. The van der Waals surface area contributed by atoms with Crippen molar-refractivity contribution in [3.63, 3.8) is 0 Å². The Kier molecular flexibility index (Phi) is 9.35. The second kappa shape index (κ2) is 13.3. The van der Waals surface area contributed by atoms with Crippen LogP contribution in [-0.2, 0) is 32.5 Å². The molecule has 9 heteroatoms. The van der Waals surface area contributed by atoms with E-state index in [0.717, 1.165) is 47.2 Å². The first kappa shape index (κ1) is 30.8. The second-order valence-electron chi connectivity index (χ2n) is 10.9. The van der Waals surface area contributed by atoms with Crippen LogP contribution < -0.4 is 9.46 Å². The lowest BCUT2D eigenvalue weighted by Crippen LogP contribution is -2.20. The summed E-state index contributed by atoms with van der Waals surface area (Å²) in [4.78, 5) is 17.6. The molecule has 4 aromatic carbocycles. The van der Waals surface area contributed by atoms with E-state index in [-0.39, 0.29) is 4.90 Å². The number of hydrogen-bond acceptors (Lipinski definition) is 6. The Morgan fingerprint density at radius 1 is 0.955 bits per heavy atom. The van der Waals surface area contributed by atoms with E-state index < -0.39 is 22.1 Å². The molecular formula is C35H37N3O5S. The summed E-state index contributed by atoms with van der Waals surface area (Å²) < 4.78 is 42.5. The van der Waals surface area contributed by atoms with Gasteiger partial charge in [-0.15, -0.1) is 0 Å². The van der Waals surface area contributed by atoms with Crippen molar-refractivity contribution in [1.29, 1.82) is 0 Å². The van der Waals surface area contributed by atoms with Gasteiger partial charge in [0, 0.05) is 18.5 Å². The quantitative estimate of drug-likeness (QED) is 0.151. The largest absolute Gasteiger partial charge is 0.474 e. The minimum absolute atomic E-state index is 0.254. The molecule has 8 nitrogen and oxygen atoms in total. The summed E-state index contributed by atoms with van der Waals surface area (Å²) in [6.45, 7) is 6.41. The molecular weight excluding hydrogens is 574 g/mol. The number of imidazole rings is 1. The zero-order valence-electron chi connectivity index (χ0n) is 25.4. The van der Waals surface area contributed by atoms with E-state index >= 15 is 0 Å². The maximum Gasteiger partial charge on any atom is 0.351 e. The van der Waals surface area contributed by atoms with Gasteiger partial charge >= 0.3 is 5.97 Å². The summed E-state index contributed by atoms with van der Waals surface area (Å²) in [5.41, 5.74) is 5.52. The van der Waals surface area contributed by atoms with Crippen molar-refractivity contribution in [2.75, 3.05) is 11.8 Å². The lowest BCUT2D eigenvalue weighted by molar-refractivity contribution is -0.149. The van der Waals surface area contributed by atoms with Gasteiger partial charge in [0.1, 0.15) is 11.6 Å². The van der Waals surface area contributed by atoms with Gasteiger partial charge in [0.15, 0.2) is 0 Å². The number of aromatic nitrogens is 2. The average molecular weight is 612 g/mol. The van der Waals surface area contributed by atoms with E-state index in [1.807, 2.05) is 79.7 Å². The van der Waals surface area contributed by atoms with E-state index in [1.165, 1.54) is 7.11 Å². The standard InChI is InChI=1S/C35H37N3O5S/c1-5-6-12-33-36-30-19-16-28(37-44(40,41)32-20-13-24(2)21-25(32)3)22-31(30)38(33)23-26-14-17-29(18-15-26)43-34(35(39)42-4)27-10-8-7-9-11-27/h7-11,13-22,34,37H,5-6,12,23H2,1-4H3. The number of hydrogen-bond donors (Lipinski definition) is 1. The Morgan fingerprint density at radius 3 is 2.39 bits per heavy atom. The smallest absolute Gasteiger partial charge is 0.351 e. The zero-order chi connectivity index (χ0) is 31.3. The predicted octanol–water partition coefficient (Wildman–Crippen LogP) is 7.14. The molecule has 0 fully saturated rings. The monoisotopic (exact) mass is 611 g/mol. The molecule has 0 aliphatic heterocycles. The van der Waals surface area contributed by atoms with Gasteiger partial charge in [0.2, 0.25) is 6.10 Å². The third-order valence-electron chi connectivity index (χ3n) is 7.49. The summed E-state index contributed by atoms with van der Waals surface area (Å²) in [6, 6.07) is 27.6. The van der Waals surface area contributed by atoms with E-state index in [0.29, 0.717) is 29.1 Å². The van der Waals surface area contributed by atoms with Crippen LogP contribution in [0, 0.1) is 13.8 Å². The van der Waals surface area contributed by atoms with Crippen LogP contribution in [0.25, 0.3) is 11.0 Å². The minimum atomic E-state index is -3.78. The Hall–Kier alpha value is -4.63. The van der Waals surface area contributed by atoms with Crippen molar-refractivity contribution in [3.05, 3.63) is 119 Å². The number of carbonyl (C=O) groups is 1. The molecule has 0 radical (unpaired) electrons. The van der Waals surface area contributed by atoms with Gasteiger partial charge in [-0.2, -0.15) is 0 Å². The molecule has 1 heterocycles. The number of anilines is 1. The Labute approximate surface area is 258 Å². The van der Waals surface area contributed by atoms with Gasteiger partial charge in [0.25, 0.3) is 10.0 Å². The van der Waals surface area contributed by atoms with Crippen molar-refractivity contribution in [2.24, 2.45) is 0 Å². The Bertz CT molecular complexity index is 1870. The third-order valence-corrected chi connectivity index (χ3v) is 9.03. The molecule has 0 saturated heterocycles. The van der Waals surface area contributed by atoms with E-state index in [9.17, 15) is 13.2 Å². The number of sulfonamides is 1. The number of aryl methyl sites for hydroxylation is 3. The normalized spacial score (nSPS) is 12.2. The van der Waals surface area contributed by atoms with Crippen molar-refractivity contribution in [2.45, 2.75) is 57.6 Å². The van der Waals surface area contributed by atoms with Gasteiger partial charge in [-0.3, -0.25) is 4.72 Å². The second-order valence-corrected chi connectivity index (χ2v) is 12.5. The maximum absolute atomic E-state index is 13.3. The fourth-order valence-electron chi connectivity index (χ4n) is 5.23. The van der Waals surface area contributed by atoms with E-state index in [2.05, 4.69) is 16.2 Å². The van der Waals surface area contributed by atoms with Crippen LogP contribution in [0.15, 0.2) is 95.9 Å². The number of nitrogens with one attached hydrogen (secondary N) is 1. The first-order chi connectivity index (χ1) is 21.2. The Morgan fingerprint density at radius 2 is 1.70 bits per heavy atom. The van der Waals surface area contributed by atoms with Gasteiger partial charge in [-0.25, -0.2) is 18.2 Å². The molecule has 0 spiro atoms. The topological polar surface area (TPSA) is 99.5 Å². The van der Waals surface area contributed by atoms with Gasteiger partial charge in [-0.1, -0.05) is 73.5 Å². The molecule has 1 aromatic heterocycles. The van der Waals surface area contributed by atoms with Gasteiger partial charge in [-0.05, 0) is 67.8 Å². The number of esters is 1. The molecule has 228 valence electrons. The minimum Gasteiger partial charge on any atom is -0.474 e. The molecule has 0 aliphatic carbocycles. The molecule has 0 saturated carbocycles.